The Bertz CT molecular complexity index is 734. The van der Waals surface area contributed by atoms with E-state index in [0.717, 1.165) is 31.7 Å². The highest BCUT2D eigenvalue weighted by atomic mass is 16.5. The second-order valence-corrected chi connectivity index (χ2v) is 8.33. The highest BCUT2D eigenvalue weighted by Gasteiger charge is 2.24. The highest BCUT2D eigenvalue weighted by molar-refractivity contribution is 5.98. The van der Waals surface area contributed by atoms with Crippen LogP contribution < -0.4 is 4.74 Å². The minimum atomic E-state index is -0.0296. The first-order valence-corrected chi connectivity index (χ1v) is 11.6. The summed E-state index contributed by atoms with van der Waals surface area (Å²) in [6.07, 6.45) is 5.06. The molecule has 7 heteroatoms. The van der Waals surface area contributed by atoms with E-state index >= 15 is 0 Å². The predicted molar refractivity (Wildman–Crippen MR) is 119 cm³/mol. The Morgan fingerprint density at radius 2 is 1.39 bits per heavy atom. The number of ketones is 1. The van der Waals surface area contributed by atoms with Gasteiger partial charge in [-0.2, -0.15) is 0 Å². The van der Waals surface area contributed by atoms with Crippen LogP contribution in [0.4, 0.5) is 0 Å². The maximum absolute atomic E-state index is 12.6. The van der Waals surface area contributed by atoms with Crippen LogP contribution in [-0.2, 0) is 9.59 Å². The zero-order valence-corrected chi connectivity index (χ0v) is 18.7. The molecule has 0 saturated carbocycles. The summed E-state index contributed by atoms with van der Waals surface area (Å²) in [5.74, 6) is 0.931. The summed E-state index contributed by atoms with van der Waals surface area (Å²) in [6.45, 7) is 7.33. The fraction of sp³-hybridized carbons (Fsp3) is 0.625. The SMILES string of the molecule is CCOc1ccc(C(=O)CCC(=O)N2CCN(CC(=O)N3CCCCCC3)CC2)cc1. The van der Waals surface area contributed by atoms with Gasteiger partial charge in [0, 0.05) is 57.7 Å². The quantitative estimate of drug-likeness (QED) is 0.594. The number of amides is 2. The molecular weight excluding hydrogens is 394 g/mol. The first-order chi connectivity index (χ1) is 15.1. The largest absolute Gasteiger partial charge is 0.494 e. The number of hydrogen-bond donors (Lipinski definition) is 0. The Labute approximate surface area is 185 Å². The lowest BCUT2D eigenvalue weighted by atomic mass is 10.1. The molecule has 2 saturated heterocycles. The Hall–Kier alpha value is -2.41. The molecule has 3 rings (SSSR count). The Morgan fingerprint density at radius 3 is 2.00 bits per heavy atom. The van der Waals surface area contributed by atoms with Crippen molar-refractivity contribution in [3.8, 4) is 5.75 Å². The van der Waals surface area contributed by atoms with Gasteiger partial charge >= 0.3 is 0 Å². The van der Waals surface area contributed by atoms with Gasteiger partial charge in [-0.25, -0.2) is 0 Å². The number of hydrogen-bond acceptors (Lipinski definition) is 5. The number of rotatable bonds is 8. The van der Waals surface area contributed by atoms with E-state index in [9.17, 15) is 14.4 Å². The monoisotopic (exact) mass is 429 g/mol. The van der Waals surface area contributed by atoms with Crippen molar-refractivity contribution in [1.29, 1.82) is 0 Å². The fourth-order valence-corrected chi connectivity index (χ4v) is 4.19. The molecule has 2 aliphatic heterocycles. The number of carbonyl (C=O) groups is 3. The molecule has 0 spiro atoms. The van der Waals surface area contributed by atoms with Gasteiger partial charge in [-0.15, -0.1) is 0 Å². The molecule has 2 heterocycles. The average Bonchev–Trinajstić information content (AvgIpc) is 3.08. The Morgan fingerprint density at radius 1 is 0.774 bits per heavy atom. The Balaban J connectivity index is 1.37. The molecule has 0 aliphatic carbocycles. The lowest BCUT2D eigenvalue weighted by Gasteiger charge is -2.35. The van der Waals surface area contributed by atoms with Gasteiger partial charge in [0.05, 0.1) is 13.2 Å². The van der Waals surface area contributed by atoms with Crippen LogP contribution in [0, 0.1) is 0 Å². The molecule has 1 aromatic carbocycles. The van der Waals surface area contributed by atoms with E-state index < -0.39 is 0 Å². The van der Waals surface area contributed by atoms with Crippen LogP contribution >= 0.6 is 0 Å². The van der Waals surface area contributed by atoms with Crippen molar-refractivity contribution in [2.75, 3.05) is 52.4 Å². The van der Waals surface area contributed by atoms with Gasteiger partial charge in [0.2, 0.25) is 11.8 Å². The highest BCUT2D eigenvalue weighted by Crippen LogP contribution is 2.15. The second-order valence-electron chi connectivity index (χ2n) is 8.33. The van der Waals surface area contributed by atoms with E-state index in [2.05, 4.69) is 4.90 Å². The third kappa shape index (κ3) is 7.06. The maximum atomic E-state index is 12.6. The number of Topliss-reactive ketones (excluding diaryl/α,β-unsaturated/α-hetero) is 1. The van der Waals surface area contributed by atoms with Gasteiger partial charge in [0.15, 0.2) is 5.78 Å². The van der Waals surface area contributed by atoms with Crippen LogP contribution in [0.2, 0.25) is 0 Å². The van der Waals surface area contributed by atoms with E-state index in [1.165, 1.54) is 12.8 Å². The number of likely N-dealkylation sites (tertiary alicyclic amines) is 1. The van der Waals surface area contributed by atoms with E-state index in [-0.39, 0.29) is 30.4 Å². The van der Waals surface area contributed by atoms with Crippen molar-refractivity contribution in [2.45, 2.75) is 45.4 Å². The number of carbonyl (C=O) groups excluding carboxylic acids is 3. The van der Waals surface area contributed by atoms with Crippen molar-refractivity contribution in [3.05, 3.63) is 29.8 Å². The molecule has 2 amide bonds. The summed E-state index contributed by atoms with van der Waals surface area (Å²) >= 11 is 0. The van der Waals surface area contributed by atoms with Crippen molar-refractivity contribution in [1.82, 2.24) is 14.7 Å². The van der Waals surface area contributed by atoms with E-state index in [1.54, 1.807) is 24.3 Å². The smallest absolute Gasteiger partial charge is 0.236 e. The minimum absolute atomic E-state index is 0.0118. The van der Waals surface area contributed by atoms with E-state index in [1.807, 2.05) is 16.7 Å². The average molecular weight is 430 g/mol. The lowest BCUT2D eigenvalue weighted by molar-refractivity contribution is -0.135. The zero-order chi connectivity index (χ0) is 22.1. The first-order valence-electron chi connectivity index (χ1n) is 11.6. The lowest BCUT2D eigenvalue weighted by Crippen LogP contribution is -2.51. The molecule has 0 aromatic heterocycles. The van der Waals surface area contributed by atoms with Crippen LogP contribution in [0.15, 0.2) is 24.3 Å². The molecule has 1 aromatic rings. The molecule has 0 bridgehead atoms. The fourth-order valence-electron chi connectivity index (χ4n) is 4.19. The van der Waals surface area contributed by atoms with Crippen LogP contribution in [-0.4, -0.2) is 84.7 Å². The van der Waals surface area contributed by atoms with Gasteiger partial charge in [-0.3, -0.25) is 19.3 Å². The van der Waals surface area contributed by atoms with Gasteiger partial charge in [-0.1, -0.05) is 12.8 Å². The van der Waals surface area contributed by atoms with Crippen LogP contribution in [0.3, 0.4) is 0 Å². The topological polar surface area (TPSA) is 70.2 Å². The van der Waals surface area contributed by atoms with Crippen molar-refractivity contribution >= 4 is 17.6 Å². The molecule has 0 radical (unpaired) electrons. The molecular formula is C24H35N3O4. The third-order valence-electron chi connectivity index (χ3n) is 6.10. The maximum Gasteiger partial charge on any atom is 0.236 e. The van der Waals surface area contributed by atoms with Crippen LogP contribution in [0.1, 0.15) is 55.8 Å². The molecule has 0 unspecified atom stereocenters. The predicted octanol–water partition coefficient (Wildman–Crippen LogP) is 2.60. The molecule has 0 atom stereocenters. The van der Waals surface area contributed by atoms with Crippen molar-refractivity contribution < 1.29 is 19.1 Å². The molecule has 2 fully saturated rings. The summed E-state index contributed by atoms with van der Waals surface area (Å²) < 4.78 is 5.39. The second kappa shape index (κ2) is 11.8. The van der Waals surface area contributed by atoms with E-state index in [0.29, 0.717) is 44.9 Å². The number of benzene rings is 1. The van der Waals surface area contributed by atoms with Crippen molar-refractivity contribution in [3.63, 3.8) is 0 Å². The summed E-state index contributed by atoms with van der Waals surface area (Å²) in [5, 5.41) is 0. The molecule has 2 aliphatic rings. The van der Waals surface area contributed by atoms with Crippen LogP contribution in [0.5, 0.6) is 5.75 Å². The first kappa shape index (κ1) is 23.3. The number of piperazine rings is 1. The third-order valence-corrected chi connectivity index (χ3v) is 6.10. The summed E-state index contributed by atoms with van der Waals surface area (Å²) in [5.41, 5.74) is 0.605. The van der Waals surface area contributed by atoms with Crippen LogP contribution in [0.25, 0.3) is 0 Å². The zero-order valence-electron chi connectivity index (χ0n) is 18.7. The summed E-state index contributed by atoms with van der Waals surface area (Å²) in [7, 11) is 0. The van der Waals surface area contributed by atoms with Gasteiger partial charge in [-0.05, 0) is 44.0 Å². The summed E-state index contributed by atoms with van der Waals surface area (Å²) in [6, 6.07) is 7.06. The number of ether oxygens (including phenoxy) is 1. The molecule has 7 nitrogen and oxygen atoms in total. The van der Waals surface area contributed by atoms with Gasteiger partial charge in [0.25, 0.3) is 0 Å². The minimum Gasteiger partial charge on any atom is -0.494 e. The molecule has 0 N–H and O–H groups in total. The van der Waals surface area contributed by atoms with Gasteiger partial charge < -0.3 is 14.5 Å². The number of nitrogens with zero attached hydrogens (tertiary/aromatic N) is 3. The normalized spacial score (nSPS) is 17.8. The Kier molecular flexibility index (Phi) is 8.88. The van der Waals surface area contributed by atoms with Crippen molar-refractivity contribution in [2.24, 2.45) is 0 Å². The summed E-state index contributed by atoms with van der Waals surface area (Å²) in [4.78, 5) is 43.5. The van der Waals surface area contributed by atoms with E-state index in [4.69, 9.17) is 4.74 Å². The molecule has 170 valence electrons. The molecule has 31 heavy (non-hydrogen) atoms. The standard InChI is InChI=1S/C24H35N3O4/c1-2-31-21-9-7-20(8-10-21)22(28)11-12-23(29)27-17-15-25(16-18-27)19-24(30)26-13-5-3-4-6-14-26/h7-10H,2-6,11-19H2,1H3. The van der Waals surface area contributed by atoms with Gasteiger partial charge in [0.1, 0.15) is 5.75 Å².